The topological polar surface area (TPSA) is 97.0 Å². The van der Waals surface area contributed by atoms with Gasteiger partial charge in [0.2, 0.25) is 10.0 Å². The number of hydrogen-bond acceptors (Lipinski definition) is 6. The monoisotopic (exact) mass is 497 g/mol. The van der Waals surface area contributed by atoms with Crippen molar-refractivity contribution in [1.82, 2.24) is 4.31 Å². The molecule has 8 nitrogen and oxygen atoms in total. The van der Waals surface area contributed by atoms with E-state index < -0.39 is 21.7 Å². The van der Waals surface area contributed by atoms with Crippen molar-refractivity contribution in [2.45, 2.75) is 23.8 Å². The third-order valence-corrected chi connectivity index (χ3v) is 7.77. The molecule has 0 bridgehead atoms. The van der Waals surface area contributed by atoms with E-state index in [1.54, 1.807) is 6.07 Å². The number of carbonyl (C=O) groups is 1. The van der Waals surface area contributed by atoms with Crippen LogP contribution in [0.3, 0.4) is 0 Å². The van der Waals surface area contributed by atoms with Crippen LogP contribution in [-0.4, -0.2) is 64.2 Å². The number of nitrogens with one attached hydrogen (secondary N) is 2. The zero-order chi connectivity index (χ0) is 23.4. The Morgan fingerprint density at radius 3 is 2.61 bits per heavy atom. The molecule has 0 saturated carbocycles. The van der Waals surface area contributed by atoms with Crippen LogP contribution in [0.4, 0.5) is 15.8 Å². The highest BCUT2D eigenvalue weighted by Crippen LogP contribution is 2.29. The van der Waals surface area contributed by atoms with E-state index in [0.717, 1.165) is 25.0 Å². The van der Waals surface area contributed by atoms with Gasteiger partial charge >= 0.3 is 0 Å². The summed E-state index contributed by atoms with van der Waals surface area (Å²) < 4.78 is 51.9. The average Bonchev–Trinajstić information content (AvgIpc) is 3.32. The first-order valence-electron chi connectivity index (χ1n) is 10.7. The molecular weight excluding hydrogens is 473 g/mol. The van der Waals surface area contributed by atoms with Crippen molar-refractivity contribution in [3.05, 3.63) is 52.8 Å². The maximum atomic E-state index is 13.4. The molecule has 2 heterocycles. The lowest BCUT2D eigenvalue weighted by Crippen LogP contribution is -2.40. The summed E-state index contributed by atoms with van der Waals surface area (Å²) in [4.78, 5) is 12.9. The highest BCUT2D eigenvalue weighted by Gasteiger charge is 2.27. The van der Waals surface area contributed by atoms with E-state index in [9.17, 15) is 17.6 Å². The normalized spacial score (nSPS) is 19.4. The van der Waals surface area contributed by atoms with Gasteiger partial charge < -0.3 is 20.1 Å². The van der Waals surface area contributed by atoms with Gasteiger partial charge in [-0.1, -0.05) is 11.6 Å². The standard InChI is InChI=1S/C22H25ClFN3O5S/c23-19-12-15(24)3-5-18(19)22(28)26-21-13-17(33(29,30)27-7-10-31-11-8-27)4-6-20(21)25-14-16-2-1-9-32-16/h3-6,12-13,16,25H,1-2,7-11,14H2,(H,26,28). The lowest BCUT2D eigenvalue weighted by Gasteiger charge is -2.26. The Labute approximate surface area is 197 Å². The van der Waals surface area contributed by atoms with Crippen LogP contribution in [0.1, 0.15) is 23.2 Å². The van der Waals surface area contributed by atoms with Gasteiger partial charge in [0.25, 0.3) is 5.91 Å². The number of morpholine rings is 1. The van der Waals surface area contributed by atoms with E-state index >= 15 is 0 Å². The molecule has 0 aromatic heterocycles. The van der Waals surface area contributed by atoms with Gasteiger partial charge in [-0.25, -0.2) is 12.8 Å². The number of sulfonamides is 1. The number of benzene rings is 2. The van der Waals surface area contributed by atoms with Crippen LogP contribution < -0.4 is 10.6 Å². The van der Waals surface area contributed by atoms with E-state index in [4.69, 9.17) is 21.1 Å². The van der Waals surface area contributed by atoms with Crippen molar-refractivity contribution in [2.24, 2.45) is 0 Å². The van der Waals surface area contributed by atoms with Crippen molar-refractivity contribution in [1.29, 1.82) is 0 Å². The molecule has 2 fully saturated rings. The SMILES string of the molecule is O=C(Nc1cc(S(=O)(=O)N2CCOCC2)ccc1NCC1CCCO1)c1ccc(F)cc1Cl. The zero-order valence-corrected chi connectivity index (χ0v) is 19.4. The Hall–Kier alpha value is -2.24. The third kappa shape index (κ3) is 5.64. The quantitative estimate of drug-likeness (QED) is 0.609. The third-order valence-electron chi connectivity index (χ3n) is 5.57. The van der Waals surface area contributed by atoms with Gasteiger partial charge in [-0.15, -0.1) is 0 Å². The number of nitrogens with zero attached hydrogens (tertiary/aromatic N) is 1. The fourth-order valence-electron chi connectivity index (χ4n) is 3.77. The molecule has 0 aliphatic carbocycles. The van der Waals surface area contributed by atoms with Gasteiger partial charge in [0, 0.05) is 26.2 Å². The van der Waals surface area contributed by atoms with Gasteiger partial charge in [0.15, 0.2) is 0 Å². The summed E-state index contributed by atoms with van der Waals surface area (Å²) in [6, 6.07) is 8.00. The number of rotatable bonds is 7. The number of carbonyl (C=O) groups excluding carboxylic acids is 1. The number of hydrogen-bond donors (Lipinski definition) is 2. The largest absolute Gasteiger partial charge is 0.381 e. The maximum absolute atomic E-state index is 13.4. The van der Waals surface area contributed by atoms with Gasteiger partial charge in [0.05, 0.1) is 46.2 Å². The van der Waals surface area contributed by atoms with Crippen LogP contribution in [0.15, 0.2) is 41.3 Å². The summed E-state index contributed by atoms with van der Waals surface area (Å²) >= 11 is 6.04. The molecule has 0 spiro atoms. The molecule has 2 N–H and O–H groups in total. The van der Waals surface area contributed by atoms with Crippen molar-refractivity contribution in [2.75, 3.05) is 50.1 Å². The average molecular weight is 498 g/mol. The van der Waals surface area contributed by atoms with Gasteiger partial charge in [-0.3, -0.25) is 4.79 Å². The Bertz CT molecular complexity index is 1120. The van der Waals surface area contributed by atoms with Crippen LogP contribution in [-0.2, 0) is 19.5 Å². The van der Waals surface area contributed by atoms with E-state index in [0.29, 0.717) is 32.1 Å². The van der Waals surface area contributed by atoms with Crippen molar-refractivity contribution < 1.29 is 27.1 Å². The first-order valence-corrected chi connectivity index (χ1v) is 12.5. The zero-order valence-electron chi connectivity index (χ0n) is 17.9. The molecule has 2 aromatic rings. The number of anilines is 2. The molecule has 1 atom stereocenters. The minimum absolute atomic E-state index is 0.0388. The molecule has 2 saturated heterocycles. The van der Waals surface area contributed by atoms with Crippen molar-refractivity contribution in [3.8, 4) is 0 Å². The Morgan fingerprint density at radius 1 is 1.12 bits per heavy atom. The Kier molecular flexibility index (Phi) is 7.50. The van der Waals surface area contributed by atoms with E-state index in [1.165, 1.54) is 22.5 Å². The molecule has 1 unspecified atom stereocenters. The van der Waals surface area contributed by atoms with E-state index in [2.05, 4.69) is 10.6 Å². The van der Waals surface area contributed by atoms with Crippen LogP contribution in [0.5, 0.6) is 0 Å². The van der Waals surface area contributed by atoms with Gasteiger partial charge in [-0.05, 0) is 49.2 Å². The molecule has 178 valence electrons. The second-order valence-electron chi connectivity index (χ2n) is 7.82. The summed E-state index contributed by atoms with van der Waals surface area (Å²) in [5.74, 6) is -1.14. The molecule has 11 heteroatoms. The predicted octanol–water partition coefficient (Wildman–Crippen LogP) is 3.34. The van der Waals surface area contributed by atoms with Crippen molar-refractivity contribution in [3.63, 3.8) is 0 Å². The summed E-state index contributed by atoms with van der Waals surface area (Å²) in [6.07, 6.45) is 1.94. The number of halogens is 2. The Balaban J connectivity index is 1.62. The second-order valence-corrected chi connectivity index (χ2v) is 10.2. The molecule has 4 rings (SSSR count). The van der Waals surface area contributed by atoms with E-state index in [-0.39, 0.29) is 40.4 Å². The number of ether oxygens (including phenoxy) is 2. The maximum Gasteiger partial charge on any atom is 0.257 e. The number of amides is 1. The summed E-state index contributed by atoms with van der Waals surface area (Å²) in [5.41, 5.74) is 0.885. The molecule has 1 amide bonds. The van der Waals surface area contributed by atoms with Crippen LogP contribution in [0.25, 0.3) is 0 Å². The lowest BCUT2D eigenvalue weighted by atomic mass is 10.2. The van der Waals surface area contributed by atoms with Crippen LogP contribution in [0, 0.1) is 5.82 Å². The summed E-state index contributed by atoms with van der Waals surface area (Å²) in [5, 5.41) is 5.91. The van der Waals surface area contributed by atoms with Crippen molar-refractivity contribution >= 4 is 38.9 Å². The molecular formula is C22H25ClFN3O5S. The molecule has 2 aliphatic rings. The highest BCUT2D eigenvalue weighted by molar-refractivity contribution is 7.89. The predicted molar refractivity (Wildman–Crippen MR) is 123 cm³/mol. The minimum Gasteiger partial charge on any atom is -0.381 e. The van der Waals surface area contributed by atoms with Gasteiger partial charge in [0.1, 0.15) is 5.82 Å². The van der Waals surface area contributed by atoms with Crippen LogP contribution in [0.2, 0.25) is 5.02 Å². The highest BCUT2D eigenvalue weighted by atomic mass is 35.5. The first-order chi connectivity index (χ1) is 15.8. The molecule has 33 heavy (non-hydrogen) atoms. The summed E-state index contributed by atoms with van der Waals surface area (Å²) in [7, 11) is -3.77. The fourth-order valence-corrected chi connectivity index (χ4v) is 5.46. The first kappa shape index (κ1) is 23.9. The van der Waals surface area contributed by atoms with E-state index in [1.807, 2.05) is 0 Å². The minimum atomic E-state index is -3.77. The lowest BCUT2D eigenvalue weighted by molar-refractivity contribution is 0.0730. The molecule has 2 aliphatic heterocycles. The van der Waals surface area contributed by atoms with Gasteiger partial charge in [-0.2, -0.15) is 4.31 Å². The second kappa shape index (κ2) is 10.4. The Morgan fingerprint density at radius 2 is 1.91 bits per heavy atom. The fraction of sp³-hybridized carbons (Fsp3) is 0.409. The molecule has 0 radical (unpaired) electrons. The smallest absolute Gasteiger partial charge is 0.257 e. The van der Waals surface area contributed by atoms with Crippen LogP contribution >= 0.6 is 11.6 Å². The summed E-state index contributed by atoms with van der Waals surface area (Å²) in [6.45, 7) is 2.38. The molecule has 2 aromatic carbocycles.